The van der Waals surface area contributed by atoms with Crippen molar-refractivity contribution in [2.45, 2.75) is 0 Å². The average molecular weight is 286 g/mol. The van der Waals surface area contributed by atoms with Gasteiger partial charge in [0.1, 0.15) is 5.75 Å². The van der Waals surface area contributed by atoms with E-state index in [0.29, 0.717) is 18.7 Å². The number of hydrogen-bond acceptors (Lipinski definition) is 3. The van der Waals surface area contributed by atoms with Gasteiger partial charge < -0.3 is 15.1 Å². The fourth-order valence-corrected chi connectivity index (χ4v) is 2.06. The van der Waals surface area contributed by atoms with Crippen LogP contribution in [-0.2, 0) is 0 Å². The number of carbonyl (C=O) groups is 1. The second kappa shape index (κ2) is 4.43. The maximum Gasteiger partial charge on any atom is 0.257 e. The lowest BCUT2D eigenvalue weighted by molar-refractivity contribution is 0.0359. The summed E-state index contributed by atoms with van der Waals surface area (Å²) in [5, 5.41) is 18.5. The van der Waals surface area contributed by atoms with Gasteiger partial charge in [0.15, 0.2) is 0 Å². The Labute approximate surface area is 102 Å². The molecule has 0 atom stereocenters. The molecule has 0 radical (unpaired) electrons. The number of aliphatic hydroxyl groups excluding tert-OH is 1. The zero-order valence-electron chi connectivity index (χ0n) is 8.56. The van der Waals surface area contributed by atoms with Crippen LogP contribution in [0.15, 0.2) is 22.7 Å². The first-order chi connectivity index (χ1) is 7.61. The van der Waals surface area contributed by atoms with Crippen molar-refractivity contribution in [1.82, 2.24) is 4.90 Å². The molecule has 16 heavy (non-hydrogen) atoms. The minimum absolute atomic E-state index is 0.0215. The van der Waals surface area contributed by atoms with E-state index in [4.69, 9.17) is 5.11 Å². The molecule has 1 aromatic carbocycles. The molecular weight excluding hydrogens is 274 g/mol. The van der Waals surface area contributed by atoms with Crippen LogP contribution < -0.4 is 0 Å². The topological polar surface area (TPSA) is 60.8 Å². The molecule has 0 unspecified atom stereocenters. The van der Waals surface area contributed by atoms with Crippen LogP contribution in [0.5, 0.6) is 5.75 Å². The average Bonchev–Trinajstić information content (AvgIpc) is 2.15. The number of rotatable bonds is 2. The van der Waals surface area contributed by atoms with Gasteiger partial charge in [-0.25, -0.2) is 0 Å². The molecule has 1 aromatic rings. The summed E-state index contributed by atoms with van der Waals surface area (Å²) in [6.45, 7) is 1.23. The summed E-state index contributed by atoms with van der Waals surface area (Å²) in [4.78, 5) is 13.5. The SMILES string of the molecule is O=C(c1ccc(Br)cc1O)N1CC(CO)C1. The summed E-state index contributed by atoms with van der Waals surface area (Å²) in [5.74, 6) is -0.0249. The molecule has 4 nitrogen and oxygen atoms in total. The molecule has 0 spiro atoms. The Bertz CT molecular complexity index is 416. The van der Waals surface area contributed by atoms with E-state index in [0.717, 1.165) is 4.47 Å². The van der Waals surface area contributed by atoms with E-state index in [1.807, 2.05) is 0 Å². The monoisotopic (exact) mass is 285 g/mol. The minimum Gasteiger partial charge on any atom is -0.507 e. The maximum absolute atomic E-state index is 11.9. The summed E-state index contributed by atoms with van der Waals surface area (Å²) in [6, 6.07) is 4.81. The number of nitrogens with zero attached hydrogens (tertiary/aromatic N) is 1. The summed E-state index contributed by atoms with van der Waals surface area (Å²) >= 11 is 3.22. The number of phenols is 1. The standard InChI is InChI=1S/C11H12BrNO3/c12-8-1-2-9(10(15)3-8)11(16)13-4-7(5-13)6-14/h1-3,7,14-15H,4-6H2. The van der Waals surface area contributed by atoms with Crippen molar-refractivity contribution in [2.75, 3.05) is 19.7 Å². The van der Waals surface area contributed by atoms with E-state index in [-0.39, 0.29) is 24.2 Å². The minimum atomic E-state index is -0.185. The van der Waals surface area contributed by atoms with E-state index in [1.165, 1.54) is 6.07 Å². The number of likely N-dealkylation sites (tertiary alicyclic amines) is 1. The molecule has 1 aliphatic rings. The van der Waals surface area contributed by atoms with Crippen LogP contribution in [0.3, 0.4) is 0 Å². The van der Waals surface area contributed by atoms with Crippen LogP contribution in [0.4, 0.5) is 0 Å². The highest BCUT2D eigenvalue weighted by molar-refractivity contribution is 9.10. The largest absolute Gasteiger partial charge is 0.507 e. The van der Waals surface area contributed by atoms with Gasteiger partial charge in [0.25, 0.3) is 5.91 Å². The van der Waals surface area contributed by atoms with Gasteiger partial charge in [-0.3, -0.25) is 4.79 Å². The van der Waals surface area contributed by atoms with Gasteiger partial charge in [0.05, 0.1) is 5.56 Å². The number of benzene rings is 1. The Morgan fingerprint density at radius 2 is 2.19 bits per heavy atom. The highest BCUT2D eigenvalue weighted by atomic mass is 79.9. The van der Waals surface area contributed by atoms with E-state index >= 15 is 0 Å². The molecule has 1 heterocycles. The number of carbonyl (C=O) groups excluding carboxylic acids is 1. The molecule has 1 fully saturated rings. The summed E-state index contributed by atoms with van der Waals surface area (Å²) in [5.41, 5.74) is 0.305. The molecular formula is C11H12BrNO3. The Morgan fingerprint density at radius 3 is 2.75 bits per heavy atom. The summed E-state index contributed by atoms with van der Waals surface area (Å²) in [7, 11) is 0. The second-order valence-electron chi connectivity index (χ2n) is 3.92. The van der Waals surface area contributed by atoms with Gasteiger partial charge in [-0.05, 0) is 18.2 Å². The third kappa shape index (κ3) is 2.05. The van der Waals surface area contributed by atoms with Crippen molar-refractivity contribution >= 4 is 21.8 Å². The van der Waals surface area contributed by atoms with Crippen molar-refractivity contribution in [3.05, 3.63) is 28.2 Å². The van der Waals surface area contributed by atoms with E-state index < -0.39 is 0 Å². The van der Waals surface area contributed by atoms with Crippen molar-refractivity contribution in [1.29, 1.82) is 0 Å². The molecule has 1 aliphatic heterocycles. The van der Waals surface area contributed by atoms with Gasteiger partial charge in [0.2, 0.25) is 0 Å². The number of phenolic OH excluding ortho intramolecular Hbond substituents is 1. The number of amides is 1. The molecule has 0 aromatic heterocycles. The lowest BCUT2D eigenvalue weighted by Crippen LogP contribution is -2.51. The van der Waals surface area contributed by atoms with E-state index in [9.17, 15) is 9.90 Å². The Morgan fingerprint density at radius 1 is 1.50 bits per heavy atom. The van der Waals surface area contributed by atoms with Gasteiger partial charge in [-0.1, -0.05) is 15.9 Å². The number of aliphatic hydroxyl groups is 1. The second-order valence-corrected chi connectivity index (χ2v) is 4.84. The maximum atomic E-state index is 11.9. The molecule has 1 amide bonds. The lowest BCUT2D eigenvalue weighted by atomic mass is 10.00. The highest BCUT2D eigenvalue weighted by Gasteiger charge is 2.31. The van der Waals surface area contributed by atoms with Gasteiger partial charge in [-0.2, -0.15) is 0 Å². The summed E-state index contributed by atoms with van der Waals surface area (Å²) < 4.78 is 0.735. The van der Waals surface area contributed by atoms with Crippen LogP contribution in [0.1, 0.15) is 10.4 Å². The first-order valence-corrected chi connectivity index (χ1v) is 5.79. The zero-order chi connectivity index (χ0) is 11.7. The third-order valence-electron chi connectivity index (χ3n) is 2.69. The van der Waals surface area contributed by atoms with Gasteiger partial charge >= 0.3 is 0 Å². The number of aromatic hydroxyl groups is 1. The zero-order valence-corrected chi connectivity index (χ0v) is 10.1. The van der Waals surface area contributed by atoms with Crippen molar-refractivity contribution < 1.29 is 15.0 Å². The van der Waals surface area contributed by atoms with Crippen LogP contribution in [0.2, 0.25) is 0 Å². The van der Waals surface area contributed by atoms with Crippen molar-refractivity contribution in [3.63, 3.8) is 0 Å². The number of hydrogen-bond donors (Lipinski definition) is 2. The van der Waals surface area contributed by atoms with Gasteiger partial charge in [0, 0.05) is 30.1 Å². The molecule has 86 valence electrons. The molecule has 0 aliphatic carbocycles. The third-order valence-corrected chi connectivity index (χ3v) is 3.19. The normalized spacial score (nSPS) is 16.0. The predicted molar refractivity (Wildman–Crippen MR) is 62.3 cm³/mol. The Balaban J connectivity index is 2.10. The Kier molecular flexibility index (Phi) is 3.16. The molecule has 0 bridgehead atoms. The number of halogens is 1. The van der Waals surface area contributed by atoms with E-state index in [2.05, 4.69) is 15.9 Å². The highest BCUT2D eigenvalue weighted by Crippen LogP contribution is 2.26. The fourth-order valence-electron chi connectivity index (χ4n) is 1.71. The van der Waals surface area contributed by atoms with E-state index in [1.54, 1.807) is 17.0 Å². The van der Waals surface area contributed by atoms with Crippen LogP contribution in [0, 0.1) is 5.92 Å². The molecule has 5 heteroatoms. The molecule has 2 N–H and O–H groups in total. The smallest absolute Gasteiger partial charge is 0.257 e. The molecule has 0 saturated carbocycles. The predicted octanol–water partition coefficient (Wildman–Crippen LogP) is 1.22. The lowest BCUT2D eigenvalue weighted by Gasteiger charge is -2.38. The van der Waals surface area contributed by atoms with Crippen LogP contribution in [0.25, 0.3) is 0 Å². The quantitative estimate of drug-likeness (QED) is 0.859. The molecule has 1 saturated heterocycles. The van der Waals surface area contributed by atoms with Crippen LogP contribution >= 0.6 is 15.9 Å². The van der Waals surface area contributed by atoms with Crippen molar-refractivity contribution in [2.24, 2.45) is 5.92 Å². The Hall–Kier alpha value is -1.07. The summed E-state index contributed by atoms with van der Waals surface area (Å²) in [6.07, 6.45) is 0. The fraction of sp³-hybridized carbons (Fsp3) is 0.364. The molecule has 2 rings (SSSR count). The first-order valence-electron chi connectivity index (χ1n) is 5.00. The van der Waals surface area contributed by atoms with Gasteiger partial charge in [-0.15, -0.1) is 0 Å². The first kappa shape index (κ1) is 11.4. The van der Waals surface area contributed by atoms with Crippen molar-refractivity contribution in [3.8, 4) is 5.75 Å². The van der Waals surface area contributed by atoms with Crippen LogP contribution in [-0.4, -0.2) is 40.7 Å².